The summed E-state index contributed by atoms with van der Waals surface area (Å²) < 4.78 is 39.7. The summed E-state index contributed by atoms with van der Waals surface area (Å²) in [4.78, 5) is 5.97. The second-order valence-electron chi connectivity index (χ2n) is 7.10. The lowest BCUT2D eigenvalue weighted by molar-refractivity contribution is 0.0936. The maximum atomic E-state index is 14.0. The molecule has 0 aromatic heterocycles. The molecule has 30 heavy (non-hydrogen) atoms. The van der Waals surface area contributed by atoms with Crippen molar-refractivity contribution >= 4 is 35.6 Å². The second-order valence-corrected chi connectivity index (χ2v) is 7.10. The molecule has 0 bridgehead atoms. The number of nitrogens with one attached hydrogen (secondary N) is 2. The minimum absolute atomic E-state index is 0. The zero-order valence-corrected chi connectivity index (χ0v) is 18.9. The number of ether oxygens (including phenoxy) is 2. The third-order valence-electron chi connectivity index (χ3n) is 5.07. The molecule has 2 unspecified atom stereocenters. The van der Waals surface area contributed by atoms with Crippen LogP contribution in [0.3, 0.4) is 0 Å². The molecule has 4 rings (SSSR count). The zero-order valence-electron chi connectivity index (χ0n) is 16.6. The van der Waals surface area contributed by atoms with Crippen LogP contribution in [-0.4, -0.2) is 51.4 Å². The van der Waals surface area contributed by atoms with Crippen LogP contribution in [0.25, 0.3) is 0 Å². The van der Waals surface area contributed by atoms with Gasteiger partial charge in [-0.3, -0.25) is 4.99 Å². The molecule has 6 nitrogen and oxygen atoms in total. The number of guanidine groups is 1. The Bertz CT molecular complexity index is 879. The van der Waals surface area contributed by atoms with Crippen molar-refractivity contribution in [3.05, 3.63) is 54.1 Å². The fourth-order valence-corrected chi connectivity index (χ4v) is 3.63. The van der Waals surface area contributed by atoms with Crippen LogP contribution < -0.4 is 25.0 Å². The van der Waals surface area contributed by atoms with E-state index in [4.69, 9.17) is 9.47 Å². The minimum Gasteiger partial charge on any atom is -0.486 e. The van der Waals surface area contributed by atoms with E-state index >= 15 is 0 Å². The lowest BCUT2D eigenvalue weighted by atomic mass is 10.2. The van der Waals surface area contributed by atoms with E-state index in [0.717, 1.165) is 17.9 Å². The van der Waals surface area contributed by atoms with Gasteiger partial charge in [0.25, 0.3) is 0 Å². The standard InChI is InChI=1S/C21H24F2N4O2.HI/c1-24-21(25-11-15-13-28-18-7-2-3-8-19(18)29-15)26-14-9-10-27(12-14)20-16(22)5-4-6-17(20)23;/h2-8,14-15H,9-13H2,1H3,(H2,24,25,26);1H. The lowest BCUT2D eigenvalue weighted by Crippen LogP contribution is -2.48. The van der Waals surface area contributed by atoms with Gasteiger partial charge in [-0.1, -0.05) is 18.2 Å². The van der Waals surface area contributed by atoms with E-state index in [1.165, 1.54) is 18.2 Å². The monoisotopic (exact) mass is 530 g/mol. The van der Waals surface area contributed by atoms with Crippen LogP contribution in [0.4, 0.5) is 14.5 Å². The van der Waals surface area contributed by atoms with Crippen molar-refractivity contribution in [1.82, 2.24) is 10.6 Å². The van der Waals surface area contributed by atoms with Crippen molar-refractivity contribution < 1.29 is 18.3 Å². The van der Waals surface area contributed by atoms with E-state index < -0.39 is 11.6 Å². The molecule has 2 aliphatic heterocycles. The molecule has 2 atom stereocenters. The fourth-order valence-electron chi connectivity index (χ4n) is 3.63. The summed E-state index contributed by atoms with van der Waals surface area (Å²) in [6, 6.07) is 11.5. The molecule has 0 saturated carbocycles. The van der Waals surface area contributed by atoms with Crippen molar-refractivity contribution in [3.8, 4) is 11.5 Å². The summed E-state index contributed by atoms with van der Waals surface area (Å²) >= 11 is 0. The highest BCUT2D eigenvalue weighted by atomic mass is 127. The topological polar surface area (TPSA) is 58.1 Å². The quantitative estimate of drug-likeness (QED) is 0.362. The molecule has 2 aromatic rings. The average molecular weight is 530 g/mol. The highest BCUT2D eigenvalue weighted by molar-refractivity contribution is 14.0. The Morgan fingerprint density at radius 3 is 2.60 bits per heavy atom. The van der Waals surface area contributed by atoms with Gasteiger partial charge in [-0.05, 0) is 30.7 Å². The van der Waals surface area contributed by atoms with Gasteiger partial charge in [0.1, 0.15) is 30.0 Å². The number of anilines is 1. The number of benzene rings is 2. The van der Waals surface area contributed by atoms with Crippen LogP contribution in [0, 0.1) is 11.6 Å². The van der Waals surface area contributed by atoms with Gasteiger partial charge in [0.2, 0.25) is 0 Å². The Kier molecular flexibility index (Phi) is 7.57. The van der Waals surface area contributed by atoms with E-state index in [1.54, 1.807) is 11.9 Å². The largest absolute Gasteiger partial charge is 0.486 e. The van der Waals surface area contributed by atoms with Crippen molar-refractivity contribution in [2.24, 2.45) is 4.99 Å². The van der Waals surface area contributed by atoms with Crippen LogP contribution in [0.2, 0.25) is 0 Å². The second kappa shape index (κ2) is 10.1. The SMILES string of the molecule is CN=C(NCC1COc2ccccc2O1)NC1CCN(c2c(F)cccc2F)C1.I. The Hall–Kier alpha value is -2.30. The smallest absolute Gasteiger partial charge is 0.191 e. The summed E-state index contributed by atoms with van der Waals surface area (Å²) in [6.07, 6.45) is 0.612. The van der Waals surface area contributed by atoms with Crippen LogP contribution in [0.5, 0.6) is 11.5 Å². The first-order chi connectivity index (χ1) is 14.1. The average Bonchev–Trinajstić information content (AvgIpc) is 3.18. The van der Waals surface area contributed by atoms with Gasteiger partial charge in [-0.2, -0.15) is 0 Å². The molecule has 1 saturated heterocycles. The van der Waals surface area contributed by atoms with Crippen molar-refractivity contribution in [3.63, 3.8) is 0 Å². The fraction of sp³-hybridized carbons (Fsp3) is 0.381. The number of hydrogen-bond acceptors (Lipinski definition) is 4. The molecule has 0 aliphatic carbocycles. The van der Waals surface area contributed by atoms with Gasteiger partial charge in [-0.15, -0.1) is 24.0 Å². The zero-order chi connectivity index (χ0) is 20.2. The molecule has 0 radical (unpaired) electrons. The maximum Gasteiger partial charge on any atom is 0.191 e. The highest BCUT2D eigenvalue weighted by Gasteiger charge is 2.27. The number of aliphatic imine (C=N–C) groups is 1. The number of nitrogens with zero attached hydrogens (tertiary/aromatic N) is 2. The van der Waals surface area contributed by atoms with Crippen LogP contribution in [0.15, 0.2) is 47.5 Å². The molecule has 2 aromatic carbocycles. The summed E-state index contributed by atoms with van der Waals surface area (Å²) in [7, 11) is 1.69. The number of hydrogen-bond donors (Lipinski definition) is 2. The Morgan fingerprint density at radius 2 is 1.87 bits per heavy atom. The molecule has 0 amide bonds. The van der Waals surface area contributed by atoms with Crippen LogP contribution in [0.1, 0.15) is 6.42 Å². The first kappa shape index (κ1) is 22.4. The van der Waals surface area contributed by atoms with E-state index in [1.807, 2.05) is 24.3 Å². The molecule has 0 spiro atoms. The van der Waals surface area contributed by atoms with Gasteiger partial charge in [-0.25, -0.2) is 8.78 Å². The molecule has 2 heterocycles. The van der Waals surface area contributed by atoms with Crippen molar-refractivity contribution in [2.45, 2.75) is 18.6 Å². The molecule has 9 heteroatoms. The third-order valence-corrected chi connectivity index (χ3v) is 5.07. The summed E-state index contributed by atoms with van der Waals surface area (Å²) in [5, 5.41) is 6.56. The number of fused-ring (bicyclic) bond motifs is 1. The molecular formula is C21H25F2IN4O2. The molecule has 1 fully saturated rings. The molecule has 2 aliphatic rings. The highest BCUT2D eigenvalue weighted by Crippen LogP contribution is 2.30. The Morgan fingerprint density at radius 1 is 1.13 bits per heavy atom. The maximum absolute atomic E-state index is 14.0. The number of halogens is 3. The molecule has 162 valence electrons. The van der Waals surface area contributed by atoms with E-state index in [0.29, 0.717) is 32.2 Å². The minimum atomic E-state index is -0.539. The van der Waals surface area contributed by atoms with E-state index in [-0.39, 0.29) is 41.8 Å². The van der Waals surface area contributed by atoms with Crippen molar-refractivity contribution in [2.75, 3.05) is 38.2 Å². The van der Waals surface area contributed by atoms with Gasteiger partial charge in [0.15, 0.2) is 17.5 Å². The molecular weight excluding hydrogens is 505 g/mol. The van der Waals surface area contributed by atoms with Crippen LogP contribution >= 0.6 is 24.0 Å². The van der Waals surface area contributed by atoms with Gasteiger partial charge in [0, 0.05) is 26.2 Å². The Labute approximate surface area is 191 Å². The first-order valence-corrected chi connectivity index (χ1v) is 9.68. The Balaban J connectivity index is 0.00000256. The summed E-state index contributed by atoms with van der Waals surface area (Å²) in [5.41, 5.74) is 0.0335. The number of rotatable bonds is 4. The number of para-hydroxylation sites is 3. The predicted molar refractivity (Wildman–Crippen MR) is 123 cm³/mol. The van der Waals surface area contributed by atoms with E-state index in [2.05, 4.69) is 15.6 Å². The van der Waals surface area contributed by atoms with Gasteiger partial charge >= 0.3 is 0 Å². The lowest BCUT2D eigenvalue weighted by Gasteiger charge is -2.27. The van der Waals surface area contributed by atoms with Crippen molar-refractivity contribution in [1.29, 1.82) is 0 Å². The third kappa shape index (κ3) is 5.05. The summed E-state index contributed by atoms with van der Waals surface area (Å²) in [5.74, 6) is 1.02. The van der Waals surface area contributed by atoms with Gasteiger partial charge in [0.05, 0.1) is 6.54 Å². The molecule has 2 N–H and O–H groups in total. The van der Waals surface area contributed by atoms with E-state index in [9.17, 15) is 8.78 Å². The predicted octanol–water partition coefficient (Wildman–Crippen LogP) is 3.17. The first-order valence-electron chi connectivity index (χ1n) is 9.68. The van der Waals surface area contributed by atoms with Gasteiger partial charge < -0.3 is 25.0 Å². The van der Waals surface area contributed by atoms with Crippen LogP contribution in [-0.2, 0) is 0 Å². The summed E-state index contributed by atoms with van der Waals surface area (Å²) in [6.45, 7) is 2.04. The normalized spacial score (nSPS) is 20.5.